The van der Waals surface area contributed by atoms with Crippen molar-refractivity contribution >= 4 is 17.1 Å². The van der Waals surface area contributed by atoms with Gasteiger partial charge in [0, 0.05) is 36.1 Å². The summed E-state index contributed by atoms with van der Waals surface area (Å²) in [6, 6.07) is 15.0. The fraction of sp³-hybridized carbons (Fsp3) is 0.269. The van der Waals surface area contributed by atoms with Crippen LogP contribution in [0.4, 0.5) is 21.5 Å². The summed E-state index contributed by atoms with van der Waals surface area (Å²) in [4.78, 5) is 6.26. The molecule has 1 saturated heterocycles. The summed E-state index contributed by atoms with van der Waals surface area (Å²) < 4.78 is 18.5. The number of halogens is 1. The van der Waals surface area contributed by atoms with Gasteiger partial charge >= 0.3 is 0 Å². The molecule has 0 amide bonds. The van der Waals surface area contributed by atoms with Gasteiger partial charge in [-0.05, 0) is 79.1 Å². The second kappa shape index (κ2) is 8.73. The molecule has 6 heteroatoms. The molecule has 3 aromatic rings. The number of pyridine rings is 1. The van der Waals surface area contributed by atoms with E-state index in [9.17, 15) is 9.50 Å². The zero-order chi connectivity index (χ0) is 22.1. The van der Waals surface area contributed by atoms with Crippen molar-refractivity contribution in [3.8, 4) is 0 Å². The lowest BCUT2D eigenvalue weighted by Crippen LogP contribution is -2.13. The second-order valence-electron chi connectivity index (χ2n) is 8.33. The maximum absolute atomic E-state index is 13.3. The summed E-state index contributed by atoms with van der Waals surface area (Å²) in [5.74, 6) is 0.106. The predicted molar refractivity (Wildman–Crippen MR) is 123 cm³/mol. The molecule has 2 aliphatic rings. The first kappa shape index (κ1) is 20.7. The van der Waals surface area contributed by atoms with Crippen LogP contribution in [0, 0.1) is 5.82 Å². The van der Waals surface area contributed by atoms with Crippen molar-refractivity contribution in [1.29, 1.82) is 0 Å². The van der Waals surface area contributed by atoms with Gasteiger partial charge in [-0.3, -0.25) is 4.98 Å². The molecular formula is C26H26FN3O2. The van der Waals surface area contributed by atoms with Gasteiger partial charge in [-0.25, -0.2) is 4.39 Å². The Morgan fingerprint density at radius 1 is 1.12 bits per heavy atom. The Balaban J connectivity index is 1.31. The number of aryl methyl sites for hydroxylation is 1. The van der Waals surface area contributed by atoms with E-state index in [1.807, 2.05) is 19.3 Å². The quantitative estimate of drug-likeness (QED) is 0.510. The summed E-state index contributed by atoms with van der Waals surface area (Å²) >= 11 is 0. The fourth-order valence-corrected chi connectivity index (χ4v) is 4.42. The van der Waals surface area contributed by atoms with Crippen molar-refractivity contribution in [2.24, 2.45) is 0 Å². The number of aromatic nitrogens is 1. The fourth-order valence-electron chi connectivity index (χ4n) is 4.42. The number of epoxide rings is 1. The minimum atomic E-state index is -0.727. The summed E-state index contributed by atoms with van der Waals surface area (Å²) in [5, 5.41) is 12.9. The van der Waals surface area contributed by atoms with Crippen LogP contribution in [0.3, 0.4) is 0 Å². The normalized spacial score (nSPS) is 21.9. The van der Waals surface area contributed by atoms with E-state index in [1.165, 1.54) is 23.3 Å². The average molecular weight is 432 g/mol. The van der Waals surface area contributed by atoms with Crippen LogP contribution in [-0.2, 0) is 11.2 Å². The molecule has 0 radical (unpaired) electrons. The molecule has 5 nitrogen and oxygen atoms in total. The Hall–Kier alpha value is -3.22. The monoisotopic (exact) mass is 431 g/mol. The van der Waals surface area contributed by atoms with Gasteiger partial charge < -0.3 is 20.1 Å². The van der Waals surface area contributed by atoms with E-state index >= 15 is 0 Å². The number of hydrogen-bond acceptors (Lipinski definition) is 5. The van der Waals surface area contributed by atoms with Crippen LogP contribution >= 0.6 is 0 Å². The van der Waals surface area contributed by atoms with Crippen molar-refractivity contribution in [3.05, 3.63) is 95.7 Å². The largest absolute Gasteiger partial charge is 0.366 e. The van der Waals surface area contributed by atoms with Crippen LogP contribution in [0.1, 0.15) is 41.6 Å². The molecule has 0 saturated carbocycles. The number of rotatable bonds is 6. The maximum atomic E-state index is 13.3. The third kappa shape index (κ3) is 4.24. The highest BCUT2D eigenvalue weighted by Gasteiger charge is 2.39. The molecule has 2 N–H and O–H groups in total. The van der Waals surface area contributed by atoms with E-state index in [-0.39, 0.29) is 11.9 Å². The average Bonchev–Trinajstić information content (AvgIpc) is 3.55. The Bertz CT molecular complexity index is 1130. The highest BCUT2D eigenvalue weighted by Crippen LogP contribution is 2.40. The summed E-state index contributed by atoms with van der Waals surface area (Å²) in [6.07, 6.45) is 9.90. The van der Waals surface area contributed by atoms with Gasteiger partial charge in [-0.1, -0.05) is 12.1 Å². The van der Waals surface area contributed by atoms with Gasteiger partial charge in [0.25, 0.3) is 0 Å². The molecule has 3 atom stereocenters. The van der Waals surface area contributed by atoms with E-state index in [2.05, 4.69) is 39.5 Å². The van der Waals surface area contributed by atoms with Crippen LogP contribution in [0.5, 0.6) is 0 Å². The van der Waals surface area contributed by atoms with Gasteiger partial charge in [-0.15, -0.1) is 0 Å². The molecule has 0 spiro atoms. The molecule has 164 valence electrons. The van der Waals surface area contributed by atoms with Gasteiger partial charge in [0.15, 0.2) is 6.29 Å². The number of nitrogens with one attached hydrogen (secondary N) is 1. The van der Waals surface area contributed by atoms with Crippen molar-refractivity contribution in [3.63, 3.8) is 0 Å². The Morgan fingerprint density at radius 3 is 2.69 bits per heavy atom. The molecule has 3 unspecified atom stereocenters. The number of fused-ring (bicyclic) bond motifs is 1. The molecule has 2 heterocycles. The minimum Gasteiger partial charge on any atom is -0.366 e. The summed E-state index contributed by atoms with van der Waals surface area (Å²) in [7, 11) is 2.01. The SMILES string of the molecule is CN(c1ccc(F)cc1)c1ccc2c(c1)CCCC2/C=C/Nc1cnccc1C1OC1O. The zero-order valence-corrected chi connectivity index (χ0v) is 17.9. The number of aliphatic hydroxyl groups excluding tert-OH is 1. The van der Waals surface area contributed by atoms with Crippen molar-refractivity contribution in [2.45, 2.75) is 37.6 Å². The topological polar surface area (TPSA) is 60.9 Å². The number of ether oxygens (including phenoxy) is 1. The van der Waals surface area contributed by atoms with Gasteiger partial charge in [-0.2, -0.15) is 0 Å². The molecule has 1 aliphatic carbocycles. The lowest BCUT2D eigenvalue weighted by atomic mass is 9.82. The van der Waals surface area contributed by atoms with Crippen LogP contribution in [0.25, 0.3) is 0 Å². The molecular weight excluding hydrogens is 405 g/mol. The first-order chi connectivity index (χ1) is 15.6. The minimum absolute atomic E-state index is 0.227. The third-order valence-corrected chi connectivity index (χ3v) is 6.29. The molecule has 32 heavy (non-hydrogen) atoms. The van der Waals surface area contributed by atoms with E-state index in [0.29, 0.717) is 5.92 Å². The number of benzene rings is 2. The summed E-state index contributed by atoms with van der Waals surface area (Å²) in [6.45, 7) is 0. The number of hydrogen-bond donors (Lipinski definition) is 2. The number of anilines is 3. The number of allylic oxidation sites excluding steroid dienone is 1. The molecule has 0 bridgehead atoms. The number of nitrogens with zero attached hydrogens (tertiary/aromatic N) is 2. The zero-order valence-electron chi connectivity index (χ0n) is 17.9. The van der Waals surface area contributed by atoms with Crippen LogP contribution in [-0.4, -0.2) is 23.4 Å². The van der Waals surface area contributed by atoms with E-state index < -0.39 is 6.29 Å². The summed E-state index contributed by atoms with van der Waals surface area (Å²) in [5.41, 5.74) is 6.51. The van der Waals surface area contributed by atoms with Gasteiger partial charge in [0.1, 0.15) is 11.9 Å². The van der Waals surface area contributed by atoms with Gasteiger partial charge in [0.2, 0.25) is 0 Å². The number of aliphatic hydroxyl groups is 1. The molecule has 2 aromatic carbocycles. The van der Waals surface area contributed by atoms with E-state index in [0.717, 1.165) is 41.9 Å². The van der Waals surface area contributed by atoms with E-state index in [1.54, 1.807) is 24.5 Å². The first-order valence-corrected chi connectivity index (χ1v) is 10.9. The van der Waals surface area contributed by atoms with Crippen molar-refractivity contribution in [1.82, 2.24) is 4.98 Å². The van der Waals surface area contributed by atoms with E-state index in [4.69, 9.17) is 4.74 Å². The Kier molecular flexibility index (Phi) is 5.64. The van der Waals surface area contributed by atoms with Crippen LogP contribution in [0.2, 0.25) is 0 Å². The molecule has 1 aromatic heterocycles. The maximum Gasteiger partial charge on any atom is 0.186 e. The predicted octanol–water partition coefficient (Wildman–Crippen LogP) is 5.42. The molecule has 5 rings (SSSR count). The Labute approximate surface area is 187 Å². The van der Waals surface area contributed by atoms with Gasteiger partial charge in [0.05, 0.1) is 11.9 Å². The first-order valence-electron chi connectivity index (χ1n) is 10.9. The standard InChI is InChI=1S/C26H26FN3O2/c1-30(20-7-5-19(27)6-8-20)21-9-10-22-17(3-2-4-18(22)15-21)11-14-29-24-16-28-13-12-23(24)25-26(31)32-25/h5-17,25-26,29,31H,2-4H2,1H3/b14-11+. The third-order valence-electron chi connectivity index (χ3n) is 6.29. The highest BCUT2D eigenvalue weighted by molar-refractivity contribution is 5.64. The molecule has 1 fully saturated rings. The van der Waals surface area contributed by atoms with Crippen LogP contribution < -0.4 is 10.2 Å². The highest BCUT2D eigenvalue weighted by atomic mass is 19.1. The lowest BCUT2D eigenvalue weighted by molar-refractivity contribution is 0.156. The Morgan fingerprint density at radius 2 is 1.91 bits per heavy atom. The van der Waals surface area contributed by atoms with Crippen molar-refractivity contribution in [2.75, 3.05) is 17.3 Å². The molecule has 1 aliphatic heterocycles. The van der Waals surface area contributed by atoms with Crippen LogP contribution in [0.15, 0.2) is 73.2 Å². The smallest absolute Gasteiger partial charge is 0.186 e. The van der Waals surface area contributed by atoms with Crippen molar-refractivity contribution < 1.29 is 14.2 Å². The second-order valence-corrected chi connectivity index (χ2v) is 8.33. The lowest BCUT2D eigenvalue weighted by Gasteiger charge is -2.26.